The smallest absolute Gasteiger partial charge is 0.222 e. The van der Waals surface area contributed by atoms with E-state index in [2.05, 4.69) is 25.9 Å². The normalized spacial score (nSPS) is 9.74. The van der Waals surface area contributed by atoms with E-state index < -0.39 is 0 Å². The highest BCUT2D eigenvalue weighted by atomic mass is 79.9. The monoisotopic (exact) mass is 374 g/mol. The van der Waals surface area contributed by atoms with Crippen LogP contribution in [-0.4, -0.2) is 23.7 Å². The number of methoxy groups -OCH3 is 1. The van der Waals surface area contributed by atoms with Gasteiger partial charge in [-0.1, -0.05) is 0 Å². The molecule has 0 spiro atoms. The molecule has 0 aliphatic rings. The number of nitrogens with two attached hydrogens (primary N) is 2. The second-order valence-corrected chi connectivity index (χ2v) is 5.09. The molecule has 2 aromatic rings. The summed E-state index contributed by atoms with van der Waals surface area (Å²) < 4.78 is 11.1. The summed E-state index contributed by atoms with van der Waals surface area (Å²) in [6, 6.07) is 7.11. The molecule has 23 heavy (non-hydrogen) atoms. The molecule has 116 valence electrons. The van der Waals surface area contributed by atoms with Crippen molar-refractivity contribution >= 4 is 27.7 Å². The molecule has 0 atom stereocenters. The molecule has 0 saturated carbocycles. The minimum absolute atomic E-state index is 0.00473. The Labute approximate surface area is 140 Å². The molecule has 0 saturated heterocycles. The zero-order valence-corrected chi connectivity index (χ0v) is 13.6. The highest BCUT2D eigenvalue weighted by Gasteiger charge is 2.18. The third kappa shape index (κ3) is 3.25. The lowest BCUT2D eigenvalue weighted by Gasteiger charge is -2.13. The number of halogens is 1. The lowest BCUT2D eigenvalue weighted by Crippen LogP contribution is -2.05. The molecule has 0 unspecified atom stereocenters. The van der Waals surface area contributed by atoms with Crippen LogP contribution in [0.2, 0.25) is 0 Å². The maximum Gasteiger partial charge on any atom is 0.222 e. The molecular weight excluding hydrogens is 364 g/mol. The van der Waals surface area contributed by atoms with Gasteiger partial charge in [0.2, 0.25) is 5.95 Å². The Morgan fingerprint density at radius 2 is 2.00 bits per heavy atom. The second kappa shape index (κ2) is 6.81. The van der Waals surface area contributed by atoms with E-state index >= 15 is 0 Å². The lowest BCUT2D eigenvalue weighted by molar-refractivity contribution is 0.328. The summed E-state index contributed by atoms with van der Waals surface area (Å²) in [6.07, 6.45) is 0. The van der Waals surface area contributed by atoms with Crippen molar-refractivity contribution in [2.75, 3.05) is 25.2 Å². The van der Waals surface area contributed by atoms with Crippen molar-refractivity contribution in [2.24, 2.45) is 0 Å². The quantitative estimate of drug-likeness (QED) is 0.824. The summed E-state index contributed by atoms with van der Waals surface area (Å²) in [5.41, 5.74) is 12.3. The van der Waals surface area contributed by atoms with Crippen LogP contribution in [0.15, 0.2) is 16.6 Å². The number of nitrogens with zero attached hydrogens (tertiary/aromatic N) is 4. The van der Waals surface area contributed by atoms with Gasteiger partial charge in [-0.3, -0.25) is 0 Å². The van der Waals surface area contributed by atoms with Crippen LogP contribution in [0.4, 0.5) is 11.8 Å². The van der Waals surface area contributed by atoms with Crippen LogP contribution >= 0.6 is 15.9 Å². The van der Waals surface area contributed by atoms with Crippen LogP contribution in [0.3, 0.4) is 0 Å². The lowest BCUT2D eigenvalue weighted by atomic mass is 10.1. The van der Waals surface area contributed by atoms with Gasteiger partial charge >= 0.3 is 0 Å². The summed E-state index contributed by atoms with van der Waals surface area (Å²) in [4.78, 5) is 7.85. The standard InChI is InChI=1S/C14H11BrN6O2/c1-22-10-5-7(4-9(15)12(10)23-3-2-16)11-8(6-17)13(18)21-14(19)20-11/h4-5H,3H2,1H3,(H4,18,19,20,21). The number of anilines is 2. The third-order valence-corrected chi connectivity index (χ3v) is 3.44. The Hall–Kier alpha value is -3.04. The fourth-order valence-corrected chi connectivity index (χ4v) is 2.47. The molecule has 1 aromatic heterocycles. The Kier molecular flexibility index (Phi) is 4.84. The number of rotatable bonds is 4. The molecule has 1 heterocycles. The van der Waals surface area contributed by atoms with Crippen LogP contribution in [0.5, 0.6) is 11.5 Å². The Balaban J connectivity index is 2.65. The summed E-state index contributed by atoms with van der Waals surface area (Å²) in [5, 5.41) is 17.9. The number of nitriles is 2. The van der Waals surface area contributed by atoms with Gasteiger partial charge in [-0.25, -0.2) is 4.98 Å². The molecule has 0 aliphatic carbocycles. The molecule has 2 rings (SSSR count). The molecule has 9 heteroatoms. The zero-order chi connectivity index (χ0) is 17.0. The topological polar surface area (TPSA) is 144 Å². The molecule has 8 nitrogen and oxygen atoms in total. The van der Waals surface area contributed by atoms with E-state index in [9.17, 15) is 5.26 Å². The minimum Gasteiger partial charge on any atom is -0.493 e. The fourth-order valence-electron chi connectivity index (χ4n) is 1.92. The van der Waals surface area contributed by atoms with Crippen molar-refractivity contribution in [3.63, 3.8) is 0 Å². The van der Waals surface area contributed by atoms with Gasteiger partial charge < -0.3 is 20.9 Å². The van der Waals surface area contributed by atoms with E-state index in [1.807, 2.05) is 12.1 Å². The van der Waals surface area contributed by atoms with Gasteiger partial charge in [0.1, 0.15) is 23.5 Å². The van der Waals surface area contributed by atoms with E-state index in [0.717, 1.165) is 0 Å². The van der Waals surface area contributed by atoms with Gasteiger partial charge in [-0.05, 0) is 28.1 Å². The molecule has 1 aromatic carbocycles. The van der Waals surface area contributed by atoms with Crippen LogP contribution < -0.4 is 20.9 Å². The van der Waals surface area contributed by atoms with Gasteiger partial charge in [0, 0.05) is 5.56 Å². The molecule has 0 fully saturated rings. The molecule has 0 amide bonds. The maximum atomic E-state index is 9.26. The zero-order valence-electron chi connectivity index (χ0n) is 12.0. The molecule has 0 radical (unpaired) electrons. The van der Waals surface area contributed by atoms with Crippen molar-refractivity contribution in [1.82, 2.24) is 9.97 Å². The fraction of sp³-hybridized carbons (Fsp3) is 0.143. The number of hydrogen-bond acceptors (Lipinski definition) is 8. The first kappa shape index (κ1) is 16.3. The van der Waals surface area contributed by atoms with Crippen LogP contribution in [-0.2, 0) is 0 Å². The number of hydrogen-bond donors (Lipinski definition) is 2. The van der Waals surface area contributed by atoms with E-state index in [4.69, 9.17) is 26.2 Å². The van der Waals surface area contributed by atoms with Gasteiger partial charge in [0.25, 0.3) is 0 Å². The van der Waals surface area contributed by atoms with Crippen LogP contribution in [0.1, 0.15) is 5.56 Å². The Morgan fingerprint density at radius 1 is 1.26 bits per heavy atom. The number of aromatic nitrogens is 2. The van der Waals surface area contributed by atoms with Gasteiger partial charge in [-0.15, -0.1) is 0 Å². The SMILES string of the molecule is COc1cc(-c2nc(N)nc(N)c2C#N)cc(Br)c1OCC#N. The largest absolute Gasteiger partial charge is 0.493 e. The summed E-state index contributed by atoms with van der Waals surface area (Å²) in [6.45, 7) is -0.134. The highest BCUT2D eigenvalue weighted by molar-refractivity contribution is 9.10. The van der Waals surface area contributed by atoms with Crippen molar-refractivity contribution < 1.29 is 9.47 Å². The highest BCUT2D eigenvalue weighted by Crippen LogP contribution is 2.40. The first-order valence-electron chi connectivity index (χ1n) is 6.22. The van der Waals surface area contributed by atoms with Crippen molar-refractivity contribution in [2.45, 2.75) is 0 Å². The van der Waals surface area contributed by atoms with Crippen molar-refractivity contribution in [3.05, 3.63) is 22.2 Å². The Bertz CT molecular complexity index is 841. The molecular formula is C14H11BrN6O2. The van der Waals surface area contributed by atoms with E-state index in [-0.39, 0.29) is 29.6 Å². The second-order valence-electron chi connectivity index (χ2n) is 4.24. The van der Waals surface area contributed by atoms with Gasteiger partial charge in [0.15, 0.2) is 18.1 Å². The predicted molar refractivity (Wildman–Crippen MR) is 86.4 cm³/mol. The van der Waals surface area contributed by atoms with E-state index in [0.29, 0.717) is 21.5 Å². The van der Waals surface area contributed by atoms with Crippen molar-refractivity contribution in [1.29, 1.82) is 10.5 Å². The summed E-state index contributed by atoms with van der Waals surface area (Å²) in [7, 11) is 1.46. The average molecular weight is 375 g/mol. The van der Waals surface area contributed by atoms with Crippen LogP contribution in [0, 0.1) is 22.7 Å². The summed E-state index contributed by atoms with van der Waals surface area (Å²) in [5.74, 6) is 0.682. The van der Waals surface area contributed by atoms with Gasteiger partial charge in [0.05, 0.1) is 17.3 Å². The minimum atomic E-state index is -0.134. The first-order valence-corrected chi connectivity index (χ1v) is 7.01. The van der Waals surface area contributed by atoms with Crippen molar-refractivity contribution in [3.8, 4) is 34.9 Å². The maximum absolute atomic E-state index is 9.26. The number of benzene rings is 1. The molecule has 4 N–H and O–H groups in total. The molecule has 0 aliphatic heterocycles. The predicted octanol–water partition coefficient (Wildman–Crippen LogP) is 1.85. The van der Waals surface area contributed by atoms with Gasteiger partial charge in [-0.2, -0.15) is 15.5 Å². The summed E-state index contributed by atoms with van der Waals surface area (Å²) >= 11 is 3.35. The Morgan fingerprint density at radius 3 is 2.61 bits per heavy atom. The average Bonchev–Trinajstić information content (AvgIpc) is 2.52. The van der Waals surface area contributed by atoms with Crippen LogP contribution in [0.25, 0.3) is 11.3 Å². The number of nitrogen functional groups attached to an aromatic ring is 2. The number of ether oxygens (including phenoxy) is 2. The third-order valence-electron chi connectivity index (χ3n) is 2.85. The van der Waals surface area contributed by atoms with E-state index in [1.165, 1.54) is 7.11 Å². The molecule has 0 bridgehead atoms. The van der Waals surface area contributed by atoms with E-state index in [1.54, 1.807) is 12.1 Å². The first-order chi connectivity index (χ1) is 11.0.